The summed E-state index contributed by atoms with van der Waals surface area (Å²) in [6.45, 7) is 4.85. The van der Waals surface area contributed by atoms with Crippen LogP contribution in [0, 0.1) is 6.92 Å². The lowest BCUT2D eigenvalue weighted by Gasteiger charge is -2.22. The van der Waals surface area contributed by atoms with E-state index < -0.39 is 0 Å². The Morgan fingerprint density at radius 3 is 2.38 bits per heavy atom. The fourth-order valence-electron chi connectivity index (χ4n) is 3.38. The van der Waals surface area contributed by atoms with Gasteiger partial charge in [-0.3, -0.25) is 9.59 Å². The van der Waals surface area contributed by atoms with Crippen molar-refractivity contribution in [3.63, 3.8) is 0 Å². The number of thiophene rings is 1. The van der Waals surface area contributed by atoms with Gasteiger partial charge in [-0.25, -0.2) is 0 Å². The van der Waals surface area contributed by atoms with Gasteiger partial charge in [-0.05, 0) is 42.3 Å². The third-order valence-corrected chi connectivity index (χ3v) is 5.85. The Morgan fingerprint density at radius 1 is 0.962 bits per heavy atom. The van der Waals surface area contributed by atoms with E-state index in [4.69, 9.17) is 0 Å². The van der Waals surface area contributed by atoms with Gasteiger partial charge in [0.15, 0.2) is 0 Å². The van der Waals surface area contributed by atoms with E-state index in [-0.39, 0.29) is 11.8 Å². The van der Waals surface area contributed by atoms with Crippen LogP contribution in [-0.2, 0) is 22.4 Å². The normalized spacial score (nSPS) is 15.0. The van der Waals surface area contributed by atoms with Crippen LogP contribution in [0.4, 0.5) is 0 Å². The maximum Gasteiger partial charge on any atom is 0.227 e. The van der Waals surface area contributed by atoms with Gasteiger partial charge in [0.05, 0.1) is 6.42 Å². The third kappa shape index (κ3) is 4.94. The first-order chi connectivity index (χ1) is 12.6. The number of hydrogen-bond donors (Lipinski definition) is 0. The Bertz CT molecular complexity index is 742. The fourth-order valence-corrected chi connectivity index (χ4v) is 4.08. The molecule has 1 aromatic carbocycles. The molecule has 1 aromatic heterocycles. The van der Waals surface area contributed by atoms with Crippen LogP contribution in [0.25, 0.3) is 0 Å². The summed E-state index contributed by atoms with van der Waals surface area (Å²) in [6.07, 6.45) is 2.64. The summed E-state index contributed by atoms with van der Waals surface area (Å²) in [5, 5.41) is 2.00. The number of aryl methyl sites for hydroxylation is 2. The lowest BCUT2D eigenvalue weighted by atomic mass is 10.0. The topological polar surface area (TPSA) is 40.6 Å². The van der Waals surface area contributed by atoms with Gasteiger partial charge in [-0.15, -0.1) is 11.3 Å². The smallest absolute Gasteiger partial charge is 0.227 e. The van der Waals surface area contributed by atoms with Gasteiger partial charge in [0.2, 0.25) is 11.8 Å². The standard InChI is InChI=1S/C21H26N2O2S/c1-17-6-2-3-7-18(17)9-10-20(24)22-11-5-12-23(14-13-22)21(25)16-19-8-4-15-26-19/h2-4,6-8,15H,5,9-14,16H2,1H3. The maximum absolute atomic E-state index is 12.6. The average Bonchev–Trinajstić information content (AvgIpc) is 3.02. The molecule has 0 radical (unpaired) electrons. The van der Waals surface area contributed by atoms with Crippen LogP contribution in [0.15, 0.2) is 41.8 Å². The number of benzene rings is 1. The van der Waals surface area contributed by atoms with Crippen LogP contribution < -0.4 is 0 Å². The minimum absolute atomic E-state index is 0.168. The van der Waals surface area contributed by atoms with Crippen molar-refractivity contribution < 1.29 is 9.59 Å². The highest BCUT2D eigenvalue weighted by molar-refractivity contribution is 7.10. The van der Waals surface area contributed by atoms with Crippen molar-refractivity contribution in [3.8, 4) is 0 Å². The molecule has 1 aliphatic heterocycles. The molecule has 26 heavy (non-hydrogen) atoms. The second-order valence-corrected chi connectivity index (χ2v) is 7.83. The summed E-state index contributed by atoms with van der Waals surface area (Å²) in [6, 6.07) is 12.2. The first-order valence-electron chi connectivity index (χ1n) is 9.26. The summed E-state index contributed by atoms with van der Waals surface area (Å²) in [7, 11) is 0. The van der Waals surface area contributed by atoms with Crippen LogP contribution in [-0.4, -0.2) is 47.8 Å². The molecule has 2 amide bonds. The average molecular weight is 371 g/mol. The van der Waals surface area contributed by atoms with Gasteiger partial charge in [-0.1, -0.05) is 30.3 Å². The van der Waals surface area contributed by atoms with Crippen LogP contribution in [0.2, 0.25) is 0 Å². The molecule has 1 aliphatic rings. The highest BCUT2D eigenvalue weighted by atomic mass is 32.1. The molecular formula is C21H26N2O2S. The predicted octanol–water partition coefficient (Wildman–Crippen LogP) is 3.29. The number of carbonyl (C=O) groups excluding carboxylic acids is 2. The SMILES string of the molecule is Cc1ccccc1CCC(=O)N1CCCN(C(=O)Cc2cccs2)CC1. The zero-order valence-corrected chi connectivity index (χ0v) is 16.1. The molecule has 0 saturated carbocycles. The molecule has 138 valence electrons. The van der Waals surface area contributed by atoms with Crippen LogP contribution in [0.5, 0.6) is 0 Å². The minimum Gasteiger partial charge on any atom is -0.341 e. The van der Waals surface area contributed by atoms with Crippen LogP contribution in [0.3, 0.4) is 0 Å². The summed E-state index contributed by atoms with van der Waals surface area (Å²) in [5.41, 5.74) is 2.48. The molecule has 0 N–H and O–H groups in total. The molecule has 2 heterocycles. The van der Waals surface area contributed by atoms with Crippen LogP contribution >= 0.6 is 11.3 Å². The summed E-state index contributed by atoms with van der Waals surface area (Å²) < 4.78 is 0. The summed E-state index contributed by atoms with van der Waals surface area (Å²) >= 11 is 1.62. The molecule has 0 atom stereocenters. The Labute approximate surface area is 159 Å². The Balaban J connectivity index is 1.49. The molecule has 0 bridgehead atoms. The van der Waals surface area contributed by atoms with E-state index in [1.807, 2.05) is 39.4 Å². The van der Waals surface area contributed by atoms with Crippen LogP contribution in [0.1, 0.15) is 28.8 Å². The number of hydrogen-bond acceptors (Lipinski definition) is 3. The molecular weight excluding hydrogens is 344 g/mol. The second-order valence-electron chi connectivity index (χ2n) is 6.80. The van der Waals surface area contributed by atoms with E-state index >= 15 is 0 Å². The zero-order valence-electron chi connectivity index (χ0n) is 15.3. The lowest BCUT2D eigenvalue weighted by molar-refractivity contribution is -0.133. The largest absolute Gasteiger partial charge is 0.341 e. The lowest BCUT2D eigenvalue weighted by Crippen LogP contribution is -2.38. The third-order valence-electron chi connectivity index (χ3n) is 4.98. The van der Waals surface area contributed by atoms with Crippen molar-refractivity contribution in [1.82, 2.24) is 9.80 Å². The predicted molar refractivity (Wildman–Crippen MR) is 105 cm³/mol. The molecule has 2 aromatic rings. The molecule has 0 spiro atoms. The monoisotopic (exact) mass is 370 g/mol. The van der Waals surface area contributed by atoms with E-state index in [2.05, 4.69) is 19.1 Å². The maximum atomic E-state index is 12.6. The minimum atomic E-state index is 0.168. The number of carbonyl (C=O) groups is 2. The quantitative estimate of drug-likeness (QED) is 0.810. The Hall–Kier alpha value is -2.14. The van der Waals surface area contributed by atoms with E-state index in [1.54, 1.807) is 11.3 Å². The van der Waals surface area contributed by atoms with Gasteiger partial charge in [0, 0.05) is 37.5 Å². The molecule has 0 aliphatic carbocycles. The van der Waals surface area contributed by atoms with Crippen molar-refractivity contribution in [2.75, 3.05) is 26.2 Å². The fraction of sp³-hybridized carbons (Fsp3) is 0.429. The van der Waals surface area contributed by atoms with Crippen molar-refractivity contribution >= 4 is 23.2 Å². The van der Waals surface area contributed by atoms with Gasteiger partial charge in [0.25, 0.3) is 0 Å². The van der Waals surface area contributed by atoms with E-state index in [0.717, 1.165) is 30.8 Å². The molecule has 0 unspecified atom stereocenters. The number of nitrogens with zero attached hydrogens (tertiary/aromatic N) is 2. The highest BCUT2D eigenvalue weighted by Gasteiger charge is 2.22. The van der Waals surface area contributed by atoms with E-state index in [1.165, 1.54) is 11.1 Å². The molecule has 1 fully saturated rings. The Kier molecular flexibility index (Phi) is 6.45. The Morgan fingerprint density at radius 2 is 1.69 bits per heavy atom. The zero-order chi connectivity index (χ0) is 18.4. The summed E-state index contributed by atoms with van der Waals surface area (Å²) in [5.74, 6) is 0.363. The molecule has 3 rings (SSSR count). The van der Waals surface area contributed by atoms with Crippen molar-refractivity contribution in [2.45, 2.75) is 32.6 Å². The van der Waals surface area contributed by atoms with Crippen molar-refractivity contribution in [1.29, 1.82) is 0 Å². The van der Waals surface area contributed by atoms with Gasteiger partial charge in [-0.2, -0.15) is 0 Å². The molecule has 5 heteroatoms. The molecule has 1 saturated heterocycles. The first-order valence-corrected chi connectivity index (χ1v) is 10.1. The summed E-state index contributed by atoms with van der Waals surface area (Å²) in [4.78, 5) is 30.0. The second kappa shape index (κ2) is 8.99. The van der Waals surface area contributed by atoms with E-state index in [0.29, 0.717) is 25.9 Å². The number of rotatable bonds is 5. The van der Waals surface area contributed by atoms with Gasteiger partial charge < -0.3 is 9.80 Å². The van der Waals surface area contributed by atoms with E-state index in [9.17, 15) is 9.59 Å². The highest BCUT2D eigenvalue weighted by Crippen LogP contribution is 2.14. The van der Waals surface area contributed by atoms with Crippen molar-refractivity contribution in [3.05, 3.63) is 57.8 Å². The van der Waals surface area contributed by atoms with Gasteiger partial charge >= 0.3 is 0 Å². The number of amides is 2. The van der Waals surface area contributed by atoms with Gasteiger partial charge in [0.1, 0.15) is 0 Å². The van der Waals surface area contributed by atoms with Crippen molar-refractivity contribution in [2.24, 2.45) is 0 Å². The molecule has 4 nitrogen and oxygen atoms in total. The first kappa shape index (κ1) is 18.6.